The lowest BCUT2D eigenvalue weighted by molar-refractivity contribution is 0.102. The number of hydrogen-bond donors (Lipinski definition) is 2. The van der Waals surface area contributed by atoms with Gasteiger partial charge in [0.1, 0.15) is 5.69 Å². The Hall–Kier alpha value is -1.95. The van der Waals surface area contributed by atoms with Crippen LogP contribution in [0.2, 0.25) is 0 Å². The quantitative estimate of drug-likeness (QED) is 0.835. The van der Waals surface area contributed by atoms with Crippen molar-refractivity contribution in [1.29, 1.82) is 0 Å². The van der Waals surface area contributed by atoms with Crippen LogP contribution in [0, 0.1) is 6.92 Å². The summed E-state index contributed by atoms with van der Waals surface area (Å²) in [5, 5.41) is 2.73. The summed E-state index contributed by atoms with van der Waals surface area (Å²) in [6.45, 7) is 1.90. The zero-order valence-electron chi connectivity index (χ0n) is 9.64. The van der Waals surface area contributed by atoms with E-state index in [2.05, 4.69) is 31.2 Å². The Morgan fingerprint density at radius 1 is 1.39 bits per heavy atom. The molecule has 0 unspecified atom stereocenters. The van der Waals surface area contributed by atoms with Crippen molar-refractivity contribution in [2.45, 2.75) is 6.92 Å². The predicted octanol–water partition coefficient (Wildman–Crippen LogP) is 2.38. The number of rotatable bonds is 2. The minimum absolute atomic E-state index is 0.253. The highest BCUT2D eigenvalue weighted by Gasteiger charge is 2.10. The van der Waals surface area contributed by atoms with Gasteiger partial charge in [0.15, 0.2) is 0 Å². The highest BCUT2D eigenvalue weighted by molar-refractivity contribution is 9.10. The summed E-state index contributed by atoms with van der Waals surface area (Å²) in [5.74, 6) is -0.327. The second kappa shape index (κ2) is 5.14. The van der Waals surface area contributed by atoms with Crippen LogP contribution in [0.4, 0.5) is 11.4 Å². The van der Waals surface area contributed by atoms with Crippen LogP contribution in [-0.2, 0) is 0 Å². The van der Waals surface area contributed by atoms with Crippen LogP contribution < -0.4 is 11.1 Å². The number of halogens is 1. The average Bonchev–Trinajstić information content (AvgIpc) is 2.37. The second-order valence-electron chi connectivity index (χ2n) is 3.73. The van der Waals surface area contributed by atoms with Gasteiger partial charge in [0.2, 0.25) is 0 Å². The maximum absolute atomic E-state index is 11.9. The molecular weight excluding hydrogens is 296 g/mol. The number of aryl methyl sites for hydroxylation is 1. The van der Waals surface area contributed by atoms with Gasteiger partial charge in [-0.05, 0) is 40.5 Å². The molecule has 0 atom stereocenters. The van der Waals surface area contributed by atoms with Crippen molar-refractivity contribution in [2.24, 2.45) is 0 Å². The van der Waals surface area contributed by atoms with E-state index < -0.39 is 0 Å². The number of aromatic nitrogens is 2. The number of carbonyl (C=O) groups is 1. The van der Waals surface area contributed by atoms with E-state index in [1.165, 1.54) is 18.6 Å². The summed E-state index contributed by atoms with van der Waals surface area (Å²) in [4.78, 5) is 19.7. The van der Waals surface area contributed by atoms with Gasteiger partial charge in [-0.3, -0.25) is 9.78 Å². The van der Waals surface area contributed by atoms with Crippen LogP contribution in [-0.4, -0.2) is 15.9 Å². The maximum atomic E-state index is 11.9. The topological polar surface area (TPSA) is 80.9 Å². The lowest BCUT2D eigenvalue weighted by atomic mass is 10.2. The molecule has 2 aromatic rings. The number of anilines is 2. The molecule has 0 aliphatic heterocycles. The highest BCUT2D eigenvalue weighted by atomic mass is 79.9. The summed E-state index contributed by atoms with van der Waals surface area (Å²) in [5.41, 5.74) is 8.22. The van der Waals surface area contributed by atoms with Crippen LogP contribution >= 0.6 is 15.9 Å². The van der Waals surface area contributed by atoms with E-state index in [1.807, 2.05) is 13.0 Å². The molecule has 3 N–H and O–H groups in total. The molecule has 2 rings (SSSR count). The fourth-order valence-electron chi connectivity index (χ4n) is 1.39. The number of carbonyl (C=O) groups excluding carboxylic acids is 1. The Morgan fingerprint density at radius 2 is 2.17 bits per heavy atom. The Bertz CT molecular complexity index is 586. The highest BCUT2D eigenvalue weighted by Crippen LogP contribution is 2.27. The first-order valence-corrected chi connectivity index (χ1v) is 6.00. The summed E-state index contributed by atoms with van der Waals surface area (Å²) < 4.78 is 0.770. The number of nitrogen functional groups attached to an aromatic ring is 1. The molecule has 0 fully saturated rings. The van der Waals surface area contributed by atoms with Crippen molar-refractivity contribution in [2.75, 3.05) is 11.1 Å². The third-order valence-corrected chi connectivity index (χ3v) is 3.06. The van der Waals surface area contributed by atoms with Crippen molar-refractivity contribution < 1.29 is 4.79 Å². The normalized spacial score (nSPS) is 10.1. The van der Waals surface area contributed by atoms with Crippen LogP contribution in [0.15, 0.2) is 35.2 Å². The predicted molar refractivity (Wildman–Crippen MR) is 73.3 cm³/mol. The van der Waals surface area contributed by atoms with Gasteiger partial charge in [0.25, 0.3) is 5.91 Å². The zero-order chi connectivity index (χ0) is 13.1. The largest absolute Gasteiger partial charge is 0.398 e. The fourth-order valence-corrected chi connectivity index (χ4v) is 1.94. The van der Waals surface area contributed by atoms with Gasteiger partial charge < -0.3 is 11.1 Å². The monoisotopic (exact) mass is 306 g/mol. The van der Waals surface area contributed by atoms with Crippen LogP contribution in [0.25, 0.3) is 0 Å². The third kappa shape index (κ3) is 2.65. The van der Waals surface area contributed by atoms with E-state index in [-0.39, 0.29) is 11.6 Å². The first-order chi connectivity index (χ1) is 8.58. The van der Waals surface area contributed by atoms with E-state index >= 15 is 0 Å². The number of amides is 1. The third-order valence-electron chi connectivity index (χ3n) is 2.40. The molecule has 0 saturated heterocycles. The molecule has 0 bridgehead atoms. The maximum Gasteiger partial charge on any atom is 0.275 e. The van der Waals surface area contributed by atoms with Gasteiger partial charge >= 0.3 is 0 Å². The SMILES string of the molecule is Cc1cc(Br)c(NC(=O)c2cnccn2)cc1N. The molecule has 6 heteroatoms. The number of nitrogens with two attached hydrogens (primary N) is 1. The minimum Gasteiger partial charge on any atom is -0.398 e. The van der Waals surface area contributed by atoms with E-state index in [0.29, 0.717) is 11.4 Å². The number of nitrogens with zero attached hydrogens (tertiary/aromatic N) is 2. The lowest BCUT2D eigenvalue weighted by Crippen LogP contribution is -2.14. The number of benzene rings is 1. The van der Waals surface area contributed by atoms with E-state index in [0.717, 1.165) is 10.0 Å². The molecule has 0 spiro atoms. The van der Waals surface area contributed by atoms with Crippen molar-refractivity contribution in [1.82, 2.24) is 9.97 Å². The van der Waals surface area contributed by atoms with E-state index in [4.69, 9.17) is 5.73 Å². The average molecular weight is 307 g/mol. The molecule has 0 aliphatic carbocycles. The molecule has 0 radical (unpaired) electrons. The van der Waals surface area contributed by atoms with Crippen molar-refractivity contribution in [3.63, 3.8) is 0 Å². The van der Waals surface area contributed by atoms with Gasteiger partial charge in [-0.15, -0.1) is 0 Å². The summed E-state index contributed by atoms with van der Waals surface area (Å²) >= 11 is 3.38. The van der Waals surface area contributed by atoms with Gasteiger partial charge in [0, 0.05) is 22.6 Å². The minimum atomic E-state index is -0.327. The first kappa shape index (κ1) is 12.5. The smallest absolute Gasteiger partial charge is 0.275 e. The molecule has 1 heterocycles. The molecule has 1 amide bonds. The molecule has 1 aromatic heterocycles. The van der Waals surface area contributed by atoms with Crippen LogP contribution in [0.3, 0.4) is 0 Å². The molecular formula is C12H11BrN4O. The van der Waals surface area contributed by atoms with E-state index in [1.54, 1.807) is 6.07 Å². The summed E-state index contributed by atoms with van der Waals surface area (Å²) in [7, 11) is 0. The summed E-state index contributed by atoms with van der Waals surface area (Å²) in [6, 6.07) is 3.55. The Labute approximate surface area is 113 Å². The van der Waals surface area contributed by atoms with Crippen LogP contribution in [0.5, 0.6) is 0 Å². The molecule has 92 valence electrons. The van der Waals surface area contributed by atoms with Crippen molar-refractivity contribution in [3.05, 3.63) is 46.5 Å². The van der Waals surface area contributed by atoms with Crippen LogP contribution in [0.1, 0.15) is 16.1 Å². The lowest BCUT2D eigenvalue weighted by Gasteiger charge is -2.09. The van der Waals surface area contributed by atoms with Gasteiger partial charge in [-0.1, -0.05) is 0 Å². The fraction of sp³-hybridized carbons (Fsp3) is 0.0833. The molecule has 0 aliphatic rings. The zero-order valence-corrected chi connectivity index (χ0v) is 11.2. The van der Waals surface area contributed by atoms with Crippen molar-refractivity contribution >= 4 is 33.2 Å². The molecule has 5 nitrogen and oxygen atoms in total. The van der Waals surface area contributed by atoms with Gasteiger partial charge in [-0.2, -0.15) is 0 Å². The van der Waals surface area contributed by atoms with E-state index in [9.17, 15) is 4.79 Å². The number of nitrogens with one attached hydrogen (secondary N) is 1. The first-order valence-electron chi connectivity index (χ1n) is 5.21. The number of hydrogen-bond acceptors (Lipinski definition) is 4. The second-order valence-corrected chi connectivity index (χ2v) is 4.59. The standard InChI is InChI=1S/C12H11BrN4O/c1-7-4-8(13)10(5-9(7)14)17-12(18)11-6-15-2-3-16-11/h2-6H,14H2,1H3,(H,17,18). The van der Waals surface area contributed by atoms with Gasteiger partial charge in [0.05, 0.1) is 11.9 Å². The van der Waals surface area contributed by atoms with Crippen molar-refractivity contribution in [3.8, 4) is 0 Å². The molecule has 0 saturated carbocycles. The Morgan fingerprint density at radius 3 is 2.83 bits per heavy atom. The summed E-state index contributed by atoms with van der Waals surface area (Å²) in [6.07, 6.45) is 4.38. The molecule has 18 heavy (non-hydrogen) atoms. The Balaban J connectivity index is 2.25. The Kier molecular flexibility index (Phi) is 3.57. The molecule has 1 aromatic carbocycles. The van der Waals surface area contributed by atoms with Gasteiger partial charge in [-0.25, -0.2) is 4.98 Å².